The van der Waals surface area contributed by atoms with E-state index >= 15 is 0 Å². The van der Waals surface area contributed by atoms with Crippen molar-refractivity contribution in [3.8, 4) is 0 Å². The molecule has 1 aliphatic rings. The summed E-state index contributed by atoms with van der Waals surface area (Å²) in [6, 6.07) is 0.181. The minimum absolute atomic E-state index is 0.181. The fourth-order valence-electron chi connectivity index (χ4n) is 13.4. The molecular weight excluding hydrogens is 1760 g/mol. The number of esters is 1. The van der Waals surface area contributed by atoms with Crippen LogP contribution in [0.4, 0.5) is 33.6 Å². The quantitative estimate of drug-likeness (QED) is 0.0117. The van der Waals surface area contributed by atoms with Gasteiger partial charge in [-0.1, -0.05) is 75.7 Å². The van der Waals surface area contributed by atoms with Crippen LogP contribution in [0.5, 0.6) is 0 Å². The highest BCUT2D eigenvalue weighted by molar-refractivity contribution is 5.71. The van der Waals surface area contributed by atoms with Gasteiger partial charge in [0.05, 0.1) is 0 Å². The van der Waals surface area contributed by atoms with E-state index in [2.05, 4.69) is 175 Å². The molecule has 0 aromatic heterocycles. The number of ether oxygens (including phenoxy) is 8. The molecular formula is C103H215N19O16. The molecule has 1 saturated heterocycles. The highest BCUT2D eigenvalue weighted by Crippen LogP contribution is 2.17. The molecule has 0 aromatic carbocycles. The average molecular weight is 1980 g/mol. The Hall–Kier alpha value is -6.12. The van der Waals surface area contributed by atoms with Crippen LogP contribution in [0, 0.1) is 29.6 Å². The monoisotopic (exact) mass is 1970 g/mol. The minimum atomic E-state index is -0.672. The maximum Gasteiger partial charge on any atom is 0.410 e. The van der Waals surface area contributed by atoms with E-state index in [-0.39, 0.29) is 29.3 Å². The number of nitrogens with zero attached hydrogens (tertiary/aromatic N) is 9. The van der Waals surface area contributed by atoms with E-state index in [0.29, 0.717) is 162 Å². The van der Waals surface area contributed by atoms with Crippen molar-refractivity contribution in [1.82, 2.24) is 97.3 Å². The van der Waals surface area contributed by atoms with Gasteiger partial charge in [-0.2, -0.15) is 0 Å². The third-order valence-electron chi connectivity index (χ3n) is 19.7. The van der Waals surface area contributed by atoms with E-state index in [1.165, 1.54) is 45.6 Å². The molecule has 1 rings (SSSR count). The predicted molar refractivity (Wildman–Crippen MR) is 565 cm³/mol. The summed E-state index contributed by atoms with van der Waals surface area (Å²) in [4.78, 5) is 119. The Morgan fingerprint density at radius 2 is 0.478 bits per heavy atom. The van der Waals surface area contributed by atoms with Gasteiger partial charge in [-0.05, 0) is 268 Å². The summed E-state index contributed by atoms with van der Waals surface area (Å²) in [5.41, 5.74) is -4.50. The Kier molecular flexibility index (Phi) is 72.8. The molecule has 7 amide bonds. The summed E-state index contributed by atoms with van der Waals surface area (Å²) in [6.07, 6.45) is 3.52. The number of nitrogens with one attached hydrogen (secondary N) is 10. The molecule has 0 aromatic rings. The summed E-state index contributed by atoms with van der Waals surface area (Å²) in [5.74, 6) is 2.80. The molecule has 138 heavy (non-hydrogen) atoms. The number of hydrogen-bond acceptors (Lipinski definition) is 28. The zero-order valence-corrected chi connectivity index (χ0v) is 95.1. The molecule has 0 atom stereocenters. The highest BCUT2D eigenvalue weighted by Gasteiger charge is 2.30. The van der Waals surface area contributed by atoms with Gasteiger partial charge >= 0.3 is 48.6 Å². The lowest BCUT2D eigenvalue weighted by molar-refractivity contribution is -0.151. The van der Waals surface area contributed by atoms with Crippen molar-refractivity contribution in [2.24, 2.45) is 29.6 Å². The van der Waals surface area contributed by atoms with E-state index in [4.69, 9.17) is 37.9 Å². The molecule has 10 N–H and O–H groups in total. The van der Waals surface area contributed by atoms with Gasteiger partial charge in [0.15, 0.2) is 0 Å². The first kappa shape index (κ1) is 136. The standard InChI is InChI=1S/C65H133N13O12.C25H57N5.C7H13NO2.C6H12O2/c1-51(2)49-76(34-28-69-57(82)88-63(16,17)18)45-43-73(32-26-67-55(80)86-61(10,11)12)38-37-72(31-25-66-54(79)85-60(7,8)9)39-41-75(44-46-77(50-52(3)4)35-29-70-58(83)89-64(19,20)21)42-40-74(33-27-68-56(81)87-62(13,14)15)47-48-78(53(5)6)36-30-71-59(84)90-65(22,23)24;1-23(2)11-10-14-27-16-19-30(20-17-29-22-25(5)6)18-15-26-12-8-7-9-13-28-21-24(3)4;1-7(2,3)10-6(9)8-4-5-8;1-5(7)8-6(2,3)4/h51-53H,25-50H2,1-24H3,(H,66,79)(H,67,80)(H,68,81)(H,69,82)(H,70,83)(H,71,84);23-29H,7-22H2,1-6H3;4-5H2,1-3H3;1-4H3. The summed E-state index contributed by atoms with van der Waals surface area (Å²) in [5, 5.41) is 32.1. The van der Waals surface area contributed by atoms with Gasteiger partial charge in [0.25, 0.3) is 0 Å². The van der Waals surface area contributed by atoms with Crippen LogP contribution in [-0.2, 0) is 42.7 Å². The van der Waals surface area contributed by atoms with Gasteiger partial charge in [0.2, 0.25) is 0 Å². The lowest BCUT2D eigenvalue weighted by atomic mass is 10.1. The van der Waals surface area contributed by atoms with Crippen molar-refractivity contribution >= 4 is 48.6 Å². The van der Waals surface area contributed by atoms with Crippen LogP contribution in [0.1, 0.15) is 288 Å². The minimum Gasteiger partial charge on any atom is -0.460 e. The zero-order valence-electron chi connectivity index (χ0n) is 95.1. The third kappa shape index (κ3) is 98.6. The molecule has 35 nitrogen and oxygen atoms in total. The molecule has 0 spiro atoms. The van der Waals surface area contributed by atoms with Crippen molar-refractivity contribution in [1.29, 1.82) is 0 Å². The number of unbranched alkanes of at least 4 members (excludes halogenated alkanes) is 2. The van der Waals surface area contributed by atoms with Crippen LogP contribution in [0.25, 0.3) is 0 Å². The van der Waals surface area contributed by atoms with Gasteiger partial charge in [0, 0.05) is 235 Å². The van der Waals surface area contributed by atoms with Crippen LogP contribution in [0.3, 0.4) is 0 Å². The second kappa shape index (κ2) is 73.9. The molecule has 0 radical (unpaired) electrons. The van der Waals surface area contributed by atoms with Gasteiger partial charge in [-0.3, -0.25) is 34.2 Å². The lowest BCUT2D eigenvalue weighted by Crippen LogP contribution is -2.49. The molecule has 0 aliphatic carbocycles. The van der Waals surface area contributed by atoms with Crippen molar-refractivity contribution < 1.29 is 76.3 Å². The van der Waals surface area contributed by atoms with E-state index in [0.717, 1.165) is 116 Å². The molecule has 0 bridgehead atoms. The fourth-order valence-corrected chi connectivity index (χ4v) is 13.4. The Labute approximate surface area is 842 Å². The summed E-state index contributed by atoms with van der Waals surface area (Å²) in [7, 11) is 0. The van der Waals surface area contributed by atoms with Gasteiger partial charge in [-0.15, -0.1) is 0 Å². The van der Waals surface area contributed by atoms with Crippen LogP contribution >= 0.6 is 0 Å². The summed E-state index contributed by atoms with van der Waals surface area (Å²) < 4.78 is 43.3. The van der Waals surface area contributed by atoms with E-state index in [1.807, 2.05) is 166 Å². The Bertz CT molecular complexity index is 3140. The maximum atomic E-state index is 13.1. The zero-order chi connectivity index (χ0) is 106. The number of carbonyl (C=O) groups is 8. The first-order valence-corrected chi connectivity index (χ1v) is 52.2. The van der Waals surface area contributed by atoms with Crippen molar-refractivity contribution in [2.75, 3.05) is 255 Å². The van der Waals surface area contributed by atoms with Gasteiger partial charge in [-0.25, -0.2) is 33.6 Å². The molecule has 818 valence electrons. The smallest absolute Gasteiger partial charge is 0.410 e. The SMILES string of the molecule is CC(=O)OC(C)(C)C.CC(C)(C)OC(=O)N1CC1.CC(C)CCCNCCN(CCNCCCCCNCC(C)C)CCNCC(C)C.CC(C)CN(CCNC(=O)OC(C)(C)C)CCN(CCNC(=O)OC(C)(C)C)CCN(CCNC(=O)OC(C)(C)C)CCN(CCN(CCNC(=O)OC(C)(C)C)CCN(CCNC(=O)OC(C)(C)C)C(C)C)CCN(CCNC(=O)OC(C)(C)C)CC(C)C. The van der Waals surface area contributed by atoms with E-state index in [9.17, 15) is 38.4 Å². The number of carbonyl (C=O) groups excluding carboxylic acids is 8. The van der Waals surface area contributed by atoms with Gasteiger partial charge in [0.1, 0.15) is 44.8 Å². The molecule has 1 aliphatic heterocycles. The first-order valence-electron chi connectivity index (χ1n) is 52.2. The summed E-state index contributed by atoms with van der Waals surface area (Å²) in [6.45, 7) is 102. The normalized spacial score (nSPS) is 12.9. The Balaban J connectivity index is -0.00000304. The molecule has 0 saturated carbocycles. The largest absolute Gasteiger partial charge is 0.460 e. The topological polar surface area (TPSA) is 360 Å². The molecule has 1 heterocycles. The van der Waals surface area contributed by atoms with Crippen LogP contribution in [-0.4, -0.2) is 399 Å². The lowest BCUT2D eigenvalue weighted by Gasteiger charge is -2.34. The van der Waals surface area contributed by atoms with Crippen LogP contribution in [0.2, 0.25) is 0 Å². The highest BCUT2D eigenvalue weighted by atomic mass is 16.6. The van der Waals surface area contributed by atoms with Crippen molar-refractivity contribution in [3.63, 3.8) is 0 Å². The maximum absolute atomic E-state index is 13.1. The Morgan fingerprint density at radius 3 is 0.732 bits per heavy atom. The van der Waals surface area contributed by atoms with Crippen molar-refractivity contribution in [2.45, 2.75) is 339 Å². The predicted octanol–water partition coefficient (Wildman–Crippen LogP) is 14.1. The fraction of sp³-hybridized carbons (Fsp3) is 0.922. The van der Waals surface area contributed by atoms with Crippen LogP contribution < -0.4 is 53.2 Å². The molecule has 35 heteroatoms. The second-order valence-corrected chi connectivity index (χ2v) is 46.8. The first-order chi connectivity index (χ1) is 63.6. The van der Waals surface area contributed by atoms with Crippen molar-refractivity contribution in [3.05, 3.63) is 0 Å². The number of amides is 7. The third-order valence-corrected chi connectivity index (χ3v) is 19.7. The van der Waals surface area contributed by atoms with E-state index in [1.54, 1.807) is 4.90 Å². The number of hydrogen-bond donors (Lipinski definition) is 10. The van der Waals surface area contributed by atoms with E-state index < -0.39 is 70.2 Å². The Morgan fingerprint density at radius 1 is 0.246 bits per heavy atom. The molecule has 1 fully saturated rings. The summed E-state index contributed by atoms with van der Waals surface area (Å²) >= 11 is 0. The molecule has 0 unspecified atom stereocenters. The van der Waals surface area contributed by atoms with Gasteiger partial charge < -0.3 is 106 Å². The van der Waals surface area contributed by atoms with Crippen LogP contribution in [0.15, 0.2) is 0 Å². The second-order valence-electron chi connectivity index (χ2n) is 46.8. The average Bonchev–Trinajstić information content (AvgIpc) is 1.72. The number of alkyl carbamates (subject to hydrolysis) is 6. The number of rotatable bonds is 64.